The van der Waals surface area contributed by atoms with Crippen LogP contribution in [-0.4, -0.2) is 14.1 Å². The smallest absolute Gasteiger partial charge is 0.341 e. The number of hydrogen-bond acceptors (Lipinski definition) is 4. The first-order valence-corrected chi connectivity index (χ1v) is 10.3. The Morgan fingerprint density at radius 2 is 1.25 bits per heavy atom. The standard InChI is InChI=1S/C25H17ClN4O2/c26-21-16-20(27-17-10-4-1-5-11-17)22-23(28-21)29(18-12-6-2-7-13-18)25(32)30(24(22)31)19-14-8-3-9-15-19/h1-16H,(H,27,28). The highest BCUT2D eigenvalue weighted by molar-refractivity contribution is 6.30. The van der Waals surface area contributed by atoms with Crippen molar-refractivity contribution >= 4 is 34.0 Å². The van der Waals surface area contributed by atoms with Crippen molar-refractivity contribution in [1.82, 2.24) is 14.1 Å². The minimum Gasteiger partial charge on any atom is -0.355 e. The Hall–Kier alpha value is -4.16. The van der Waals surface area contributed by atoms with Crippen LogP contribution < -0.4 is 16.6 Å². The van der Waals surface area contributed by atoms with Crippen molar-refractivity contribution in [3.8, 4) is 11.4 Å². The van der Waals surface area contributed by atoms with Crippen LogP contribution in [0.25, 0.3) is 22.4 Å². The Labute approximate surface area is 188 Å². The SMILES string of the molecule is O=c1c2c(Nc3ccccc3)cc(Cl)nc2n(-c2ccccc2)c(=O)n1-c1ccccc1. The molecule has 0 atom stereocenters. The monoisotopic (exact) mass is 440 g/mol. The van der Waals surface area contributed by atoms with Crippen LogP contribution in [0.5, 0.6) is 0 Å². The highest BCUT2D eigenvalue weighted by Gasteiger charge is 2.20. The van der Waals surface area contributed by atoms with Gasteiger partial charge >= 0.3 is 5.69 Å². The van der Waals surface area contributed by atoms with E-state index in [-0.39, 0.29) is 16.2 Å². The molecule has 7 heteroatoms. The second-order valence-corrected chi connectivity index (χ2v) is 7.50. The lowest BCUT2D eigenvalue weighted by Gasteiger charge is -2.16. The maximum atomic E-state index is 13.7. The molecule has 0 radical (unpaired) electrons. The van der Waals surface area contributed by atoms with E-state index < -0.39 is 11.2 Å². The molecule has 2 heterocycles. The van der Waals surface area contributed by atoms with Gasteiger partial charge in [0, 0.05) is 5.69 Å². The molecule has 0 bridgehead atoms. The van der Waals surface area contributed by atoms with E-state index in [9.17, 15) is 9.59 Å². The molecule has 0 unspecified atom stereocenters. The summed E-state index contributed by atoms with van der Waals surface area (Å²) in [5.41, 5.74) is 1.46. The second kappa shape index (κ2) is 8.17. The Morgan fingerprint density at radius 3 is 1.84 bits per heavy atom. The van der Waals surface area contributed by atoms with E-state index in [1.54, 1.807) is 42.5 Å². The van der Waals surface area contributed by atoms with Gasteiger partial charge in [-0.15, -0.1) is 0 Å². The molecule has 0 aliphatic rings. The highest BCUT2D eigenvalue weighted by atomic mass is 35.5. The molecule has 0 fully saturated rings. The minimum absolute atomic E-state index is 0.164. The number of para-hydroxylation sites is 3. The fraction of sp³-hybridized carbons (Fsp3) is 0. The summed E-state index contributed by atoms with van der Waals surface area (Å²) in [7, 11) is 0. The van der Waals surface area contributed by atoms with Crippen LogP contribution in [0.3, 0.4) is 0 Å². The van der Waals surface area contributed by atoms with Crippen molar-refractivity contribution in [2.24, 2.45) is 0 Å². The average Bonchev–Trinajstić information content (AvgIpc) is 2.81. The molecule has 0 spiro atoms. The van der Waals surface area contributed by atoms with Crippen LogP contribution in [0.15, 0.2) is 107 Å². The molecule has 5 aromatic rings. The first kappa shape index (κ1) is 19.8. The first-order valence-electron chi connectivity index (χ1n) is 9.95. The van der Waals surface area contributed by atoms with Gasteiger partial charge in [-0.25, -0.2) is 18.9 Å². The molecule has 0 saturated carbocycles. The van der Waals surface area contributed by atoms with Gasteiger partial charge in [-0.2, -0.15) is 0 Å². The molecule has 0 aliphatic heterocycles. The zero-order valence-corrected chi connectivity index (χ0v) is 17.5. The van der Waals surface area contributed by atoms with Gasteiger partial charge < -0.3 is 5.32 Å². The number of aromatic nitrogens is 3. The maximum Gasteiger partial charge on any atom is 0.341 e. The van der Waals surface area contributed by atoms with E-state index in [0.29, 0.717) is 17.1 Å². The third-order valence-electron chi connectivity index (χ3n) is 5.06. The van der Waals surface area contributed by atoms with Crippen molar-refractivity contribution in [1.29, 1.82) is 0 Å². The fourth-order valence-corrected chi connectivity index (χ4v) is 3.84. The minimum atomic E-state index is -0.527. The van der Waals surface area contributed by atoms with Crippen LogP contribution in [-0.2, 0) is 0 Å². The molecule has 5 rings (SSSR count). The molecular formula is C25H17ClN4O2. The Kier molecular flexibility index (Phi) is 5.05. The van der Waals surface area contributed by atoms with E-state index in [0.717, 1.165) is 10.3 Å². The predicted octanol–water partition coefficient (Wildman–Crippen LogP) is 4.93. The Balaban J connectivity index is 1.92. The molecule has 0 amide bonds. The third kappa shape index (κ3) is 3.46. The van der Waals surface area contributed by atoms with Crippen LogP contribution in [0.2, 0.25) is 5.15 Å². The molecule has 3 aromatic carbocycles. The quantitative estimate of drug-likeness (QED) is 0.402. The van der Waals surface area contributed by atoms with Crippen molar-refractivity contribution in [3.63, 3.8) is 0 Å². The van der Waals surface area contributed by atoms with Gasteiger partial charge in [-0.1, -0.05) is 66.2 Å². The lowest BCUT2D eigenvalue weighted by Crippen LogP contribution is -2.39. The number of fused-ring (bicyclic) bond motifs is 1. The maximum absolute atomic E-state index is 13.7. The van der Waals surface area contributed by atoms with Crippen molar-refractivity contribution in [2.75, 3.05) is 5.32 Å². The van der Waals surface area contributed by atoms with E-state index in [1.165, 1.54) is 4.57 Å². The second-order valence-electron chi connectivity index (χ2n) is 7.11. The summed E-state index contributed by atoms with van der Waals surface area (Å²) >= 11 is 6.34. The summed E-state index contributed by atoms with van der Waals surface area (Å²) in [6.07, 6.45) is 0. The van der Waals surface area contributed by atoms with Gasteiger partial charge in [0.15, 0.2) is 5.65 Å². The summed E-state index contributed by atoms with van der Waals surface area (Å²) in [6, 6.07) is 28.9. The van der Waals surface area contributed by atoms with Gasteiger partial charge in [0.1, 0.15) is 10.5 Å². The zero-order valence-electron chi connectivity index (χ0n) is 16.8. The topological polar surface area (TPSA) is 68.9 Å². The average molecular weight is 441 g/mol. The number of nitrogens with zero attached hydrogens (tertiary/aromatic N) is 3. The Bertz CT molecular complexity index is 1530. The fourth-order valence-electron chi connectivity index (χ4n) is 3.65. The Morgan fingerprint density at radius 1 is 0.719 bits per heavy atom. The molecule has 2 aromatic heterocycles. The van der Waals surface area contributed by atoms with Crippen LogP contribution in [0, 0.1) is 0 Å². The lowest BCUT2D eigenvalue weighted by molar-refractivity contribution is 0.826. The number of nitrogens with one attached hydrogen (secondary N) is 1. The summed E-state index contributed by atoms with van der Waals surface area (Å²) in [5.74, 6) is 0. The summed E-state index contributed by atoms with van der Waals surface area (Å²) in [6.45, 7) is 0. The summed E-state index contributed by atoms with van der Waals surface area (Å²) in [4.78, 5) is 31.7. The van der Waals surface area contributed by atoms with E-state index >= 15 is 0 Å². The van der Waals surface area contributed by atoms with Crippen LogP contribution in [0.1, 0.15) is 0 Å². The molecule has 156 valence electrons. The largest absolute Gasteiger partial charge is 0.355 e. The molecule has 32 heavy (non-hydrogen) atoms. The van der Waals surface area contributed by atoms with E-state index in [1.807, 2.05) is 54.6 Å². The predicted molar refractivity (Wildman–Crippen MR) is 128 cm³/mol. The van der Waals surface area contributed by atoms with E-state index in [2.05, 4.69) is 10.3 Å². The number of hydrogen-bond donors (Lipinski definition) is 1. The van der Waals surface area contributed by atoms with Crippen molar-refractivity contribution in [2.45, 2.75) is 0 Å². The lowest BCUT2D eigenvalue weighted by atomic mass is 10.2. The molecule has 0 saturated heterocycles. The number of benzene rings is 3. The molecule has 1 N–H and O–H groups in total. The molecule has 6 nitrogen and oxygen atoms in total. The number of pyridine rings is 1. The third-order valence-corrected chi connectivity index (χ3v) is 5.26. The van der Waals surface area contributed by atoms with Crippen molar-refractivity contribution < 1.29 is 0 Å². The van der Waals surface area contributed by atoms with Gasteiger partial charge in [0.25, 0.3) is 5.56 Å². The van der Waals surface area contributed by atoms with Gasteiger partial charge in [-0.05, 0) is 42.5 Å². The van der Waals surface area contributed by atoms with Gasteiger partial charge in [0.05, 0.1) is 17.1 Å². The number of anilines is 2. The van der Waals surface area contributed by atoms with Gasteiger partial charge in [-0.3, -0.25) is 4.79 Å². The number of halogens is 1. The summed E-state index contributed by atoms with van der Waals surface area (Å²) in [5, 5.41) is 3.67. The molecular weight excluding hydrogens is 424 g/mol. The van der Waals surface area contributed by atoms with Gasteiger partial charge in [0.2, 0.25) is 0 Å². The number of rotatable bonds is 4. The van der Waals surface area contributed by atoms with E-state index in [4.69, 9.17) is 11.6 Å². The van der Waals surface area contributed by atoms with Crippen LogP contribution >= 0.6 is 11.6 Å². The zero-order chi connectivity index (χ0) is 22.1. The highest BCUT2D eigenvalue weighted by Crippen LogP contribution is 2.27. The normalized spacial score (nSPS) is 10.9. The summed E-state index contributed by atoms with van der Waals surface area (Å²) < 4.78 is 2.56. The molecule has 0 aliphatic carbocycles. The van der Waals surface area contributed by atoms with Crippen LogP contribution in [0.4, 0.5) is 11.4 Å². The first-order chi connectivity index (χ1) is 15.6. The van der Waals surface area contributed by atoms with Crippen molar-refractivity contribution in [3.05, 3.63) is 123 Å².